The van der Waals surface area contributed by atoms with Crippen LogP contribution in [0.1, 0.15) is 11.1 Å². The lowest BCUT2D eigenvalue weighted by Gasteiger charge is -2.12. The lowest BCUT2D eigenvalue weighted by molar-refractivity contribution is 0.925. The van der Waals surface area contributed by atoms with E-state index in [4.69, 9.17) is 0 Å². The third-order valence-corrected chi connectivity index (χ3v) is 4.79. The van der Waals surface area contributed by atoms with E-state index in [0.29, 0.717) is 6.54 Å². The van der Waals surface area contributed by atoms with Crippen LogP contribution in [-0.4, -0.2) is 28.7 Å². The number of benzene rings is 2. The molecular formula is C23H23N5. The number of rotatable bonds is 6. The van der Waals surface area contributed by atoms with Gasteiger partial charge in [-0.05, 0) is 34.9 Å². The predicted octanol–water partition coefficient (Wildman–Crippen LogP) is 4.72. The van der Waals surface area contributed by atoms with Crippen LogP contribution in [0.25, 0.3) is 22.9 Å². The Hall–Kier alpha value is -3.60. The minimum absolute atomic E-state index is 0.712. The Morgan fingerprint density at radius 2 is 1.79 bits per heavy atom. The molecule has 0 fully saturated rings. The average Bonchev–Trinajstić information content (AvgIpc) is 3.17. The van der Waals surface area contributed by atoms with Gasteiger partial charge in [-0.25, -0.2) is 4.98 Å². The van der Waals surface area contributed by atoms with Crippen LogP contribution in [-0.2, 0) is 6.54 Å². The highest BCUT2D eigenvalue weighted by Crippen LogP contribution is 2.26. The number of hydrogen-bond acceptors (Lipinski definition) is 4. The van der Waals surface area contributed by atoms with E-state index < -0.39 is 0 Å². The third kappa shape index (κ3) is 3.47. The molecule has 2 aromatic carbocycles. The van der Waals surface area contributed by atoms with Crippen molar-refractivity contribution in [3.05, 3.63) is 84.7 Å². The van der Waals surface area contributed by atoms with Crippen LogP contribution >= 0.6 is 0 Å². The first-order chi connectivity index (χ1) is 13.7. The third-order valence-electron chi connectivity index (χ3n) is 4.79. The second kappa shape index (κ2) is 7.56. The molecule has 0 amide bonds. The fourth-order valence-corrected chi connectivity index (χ4v) is 3.13. The summed E-state index contributed by atoms with van der Waals surface area (Å²) in [5.41, 5.74) is 6.44. The Morgan fingerprint density at radius 1 is 1.04 bits per heavy atom. The van der Waals surface area contributed by atoms with E-state index in [1.54, 1.807) is 0 Å². The Kier molecular flexibility index (Phi) is 4.81. The van der Waals surface area contributed by atoms with Gasteiger partial charge < -0.3 is 10.2 Å². The van der Waals surface area contributed by atoms with Crippen molar-refractivity contribution in [2.75, 3.05) is 24.3 Å². The zero-order valence-corrected chi connectivity index (χ0v) is 16.1. The number of anilines is 2. The van der Waals surface area contributed by atoms with E-state index in [2.05, 4.69) is 75.4 Å². The van der Waals surface area contributed by atoms with E-state index >= 15 is 0 Å². The highest BCUT2D eigenvalue weighted by Gasteiger charge is 2.11. The topological polar surface area (TPSA) is 45.5 Å². The molecule has 0 unspecified atom stereocenters. The molecule has 0 aliphatic heterocycles. The smallest absolute Gasteiger partial charge is 0.165 e. The summed E-state index contributed by atoms with van der Waals surface area (Å²) in [6, 6.07) is 18.7. The molecule has 140 valence electrons. The Bertz CT molecular complexity index is 1090. The van der Waals surface area contributed by atoms with Crippen LogP contribution in [0.3, 0.4) is 0 Å². The van der Waals surface area contributed by atoms with E-state index in [1.165, 1.54) is 5.56 Å². The van der Waals surface area contributed by atoms with Gasteiger partial charge in [0.2, 0.25) is 0 Å². The largest absolute Gasteiger partial charge is 0.378 e. The molecule has 0 spiro atoms. The lowest BCUT2D eigenvalue weighted by atomic mass is 10.1. The predicted molar refractivity (Wildman–Crippen MR) is 117 cm³/mol. The van der Waals surface area contributed by atoms with Crippen molar-refractivity contribution in [1.29, 1.82) is 0 Å². The van der Waals surface area contributed by atoms with Gasteiger partial charge in [-0.3, -0.25) is 0 Å². The molecule has 1 N–H and O–H groups in total. The van der Waals surface area contributed by atoms with Gasteiger partial charge in [0.05, 0.1) is 6.20 Å². The maximum Gasteiger partial charge on any atom is 0.165 e. The van der Waals surface area contributed by atoms with Crippen molar-refractivity contribution in [2.24, 2.45) is 0 Å². The first-order valence-electron chi connectivity index (χ1n) is 9.21. The molecule has 2 aromatic heterocycles. The first kappa shape index (κ1) is 17.8. The highest BCUT2D eigenvalue weighted by atomic mass is 15.3. The second-order valence-electron chi connectivity index (χ2n) is 6.86. The van der Waals surface area contributed by atoms with Crippen molar-refractivity contribution in [3.8, 4) is 11.1 Å². The van der Waals surface area contributed by atoms with Crippen molar-refractivity contribution in [3.63, 3.8) is 0 Å². The maximum atomic E-state index is 4.56. The van der Waals surface area contributed by atoms with Crippen LogP contribution in [0.5, 0.6) is 0 Å². The summed E-state index contributed by atoms with van der Waals surface area (Å²) in [6.07, 6.45) is 5.54. The SMILES string of the molecule is C=Cc1ccc(CNc2ccnc3c(-c4ccc(N(C)C)cc4)cnn23)cc1. The Balaban J connectivity index is 1.60. The van der Waals surface area contributed by atoms with Gasteiger partial charge in [0.1, 0.15) is 5.82 Å². The second-order valence-corrected chi connectivity index (χ2v) is 6.86. The molecular weight excluding hydrogens is 346 g/mol. The van der Waals surface area contributed by atoms with Crippen LogP contribution in [0, 0.1) is 0 Å². The Labute approximate surface area is 165 Å². The van der Waals surface area contributed by atoms with Gasteiger partial charge >= 0.3 is 0 Å². The van der Waals surface area contributed by atoms with Gasteiger partial charge in [0.25, 0.3) is 0 Å². The zero-order valence-electron chi connectivity index (χ0n) is 16.1. The summed E-state index contributed by atoms with van der Waals surface area (Å²) < 4.78 is 1.85. The number of nitrogens with zero attached hydrogens (tertiary/aromatic N) is 4. The van der Waals surface area contributed by atoms with Crippen molar-refractivity contribution in [1.82, 2.24) is 14.6 Å². The van der Waals surface area contributed by atoms with Crippen LogP contribution in [0.15, 0.2) is 73.6 Å². The molecule has 0 aliphatic carbocycles. The number of hydrogen-bond donors (Lipinski definition) is 1. The molecule has 0 saturated carbocycles. The molecule has 0 atom stereocenters. The molecule has 28 heavy (non-hydrogen) atoms. The quantitative estimate of drug-likeness (QED) is 0.534. The molecule has 0 aliphatic rings. The molecule has 0 radical (unpaired) electrons. The van der Waals surface area contributed by atoms with Gasteiger partial charge in [-0.1, -0.05) is 49.1 Å². The minimum atomic E-state index is 0.712. The molecule has 0 bridgehead atoms. The van der Waals surface area contributed by atoms with E-state index in [0.717, 1.165) is 33.8 Å². The number of fused-ring (bicyclic) bond motifs is 1. The van der Waals surface area contributed by atoms with Crippen molar-refractivity contribution in [2.45, 2.75) is 6.54 Å². The molecule has 4 aromatic rings. The maximum absolute atomic E-state index is 4.56. The van der Waals surface area contributed by atoms with Crippen LogP contribution in [0.4, 0.5) is 11.5 Å². The van der Waals surface area contributed by atoms with Gasteiger partial charge in [-0.15, -0.1) is 0 Å². The molecule has 5 heteroatoms. The van der Waals surface area contributed by atoms with Crippen LogP contribution < -0.4 is 10.2 Å². The standard InChI is InChI=1S/C23H23N5/c1-4-17-5-7-18(8-6-17)15-25-22-13-14-24-23-21(16-26-28(22)23)19-9-11-20(12-10-19)27(2)3/h4-14,16,25H,1,15H2,2-3H3. The Morgan fingerprint density at radius 3 is 2.46 bits per heavy atom. The summed E-state index contributed by atoms with van der Waals surface area (Å²) in [5, 5.41) is 8.02. The lowest BCUT2D eigenvalue weighted by Crippen LogP contribution is -2.07. The van der Waals surface area contributed by atoms with E-state index in [-0.39, 0.29) is 0 Å². The van der Waals surface area contributed by atoms with Crippen molar-refractivity contribution < 1.29 is 0 Å². The summed E-state index contributed by atoms with van der Waals surface area (Å²) >= 11 is 0. The van der Waals surface area contributed by atoms with E-state index in [9.17, 15) is 0 Å². The fourth-order valence-electron chi connectivity index (χ4n) is 3.13. The summed E-state index contributed by atoms with van der Waals surface area (Å²) in [4.78, 5) is 6.64. The first-order valence-corrected chi connectivity index (χ1v) is 9.21. The molecule has 5 nitrogen and oxygen atoms in total. The molecule has 0 saturated heterocycles. The summed E-state index contributed by atoms with van der Waals surface area (Å²) in [6.45, 7) is 4.50. The zero-order chi connectivity index (χ0) is 19.5. The van der Waals surface area contributed by atoms with Gasteiger partial charge in [-0.2, -0.15) is 9.61 Å². The van der Waals surface area contributed by atoms with Crippen molar-refractivity contribution >= 4 is 23.2 Å². The molecule has 2 heterocycles. The highest BCUT2D eigenvalue weighted by molar-refractivity contribution is 5.78. The van der Waals surface area contributed by atoms with E-state index in [1.807, 2.05) is 43.1 Å². The van der Waals surface area contributed by atoms with Crippen LogP contribution in [0.2, 0.25) is 0 Å². The fraction of sp³-hybridized carbons (Fsp3) is 0.130. The minimum Gasteiger partial charge on any atom is -0.378 e. The monoisotopic (exact) mass is 369 g/mol. The normalized spacial score (nSPS) is 10.8. The average molecular weight is 369 g/mol. The van der Waals surface area contributed by atoms with Gasteiger partial charge in [0, 0.05) is 38.1 Å². The number of aromatic nitrogens is 3. The summed E-state index contributed by atoms with van der Waals surface area (Å²) in [7, 11) is 4.07. The van der Waals surface area contributed by atoms with Gasteiger partial charge in [0.15, 0.2) is 5.65 Å². The summed E-state index contributed by atoms with van der Waals surface area (Å²) in [5.74, 6) is 0.911. The molecule has 4 rings (SSSR count). The number of nitrogens with one attached hydrogen (secondary N) is 1.